The monoisotopic (exact) mass is 327 g/mol. The second-order valence-corrected chi connectivity index (χ2v) is 6.07. The Morgan fingerprint density at radius 2 is 1.83 bits per heavy atom. The van der Waals surface area contributed by atoms with Gasteiger partial charge in [-0.2, -0.15) is 10.1 Å². The molecule has 6 nitrogen and oxygen atoms in total. The minimum Gasteiger partial charge on any atom is -0.497 e. The van der Waals surface area contributed by atoms with Gasteiger partial charge in [-0.1, -0.05) is 25.0 Å². The first-order chi connectivity index (χ1) is 11.8. The van der Waals surface area contributed by atoms with Crippen LogP contribution in [0.5, 0.6) is 5.75 Å². The van der Waals surface area contributed by atoms with Crippen LogP contribution >= 0.6 is 0 Å². The maximum atomic E-state index is 5.18. The van der Waals surface area contributed by atoms with Crippen molar-refractivity contribution in [3.05, 3.63) is 36.0 Å². The number of nitrogens with one attached hydrogen (secondary N) is 1. The van der Waals surface area contributed by atoms with Gasteiger partial charge in [-0.3, -0.25) is 0 Å². The molecule has 1 aliphatic rings. The van der Waals surface area contributed by atoms with Gasteiger partial charge < -0.3 is 15.0 Å². The van der Waals surface area contributed by atoms with E-state index < -0.39 is 0 Å². The number of nitrogens with zero attached hydrogens (tertiary/aromatic N) is 4. The lowest BCUT2D eigenvalue weighted by Gasteiger charge is -2.19. The van der Waals surface area contributed by atoms with E-state index in [2.05, 4.69) is 37.5 Å². The molecule has 0 spiro atoms. The molecule has 24 heavy (non-hydrogen) atoms. The molecule has 1 aliphatic heterocycles. The topological polar surface area (TPSA) is 63.2 Å². The van der Waals surface area contributed by atoms with Crippen molar-refractivity contribution in [1.82, 2.24) is 15.2 Å². The summed E-state index contributed by atoms with van der Waals surface area (Å²) in [5, 5.41) is 11.7. The highest BCUT2D eigenvalue weighted by Crippen LogP contribution is 2.16. The summed E-state index contributed by atoms with van der Waals surface area (Å²) in [6.45, 7) is 2.86. The highest BCUT2D eigenvalue weighted by molar-refractivity contribution is 5.39. The molecule has 0 amide bonds. The van der Waals surface area contributed by atoms with Gasteiger partial charge in [-0.15, -0.1) is 5.10 Å². The molecule has 0 unspecified atom stereocenters. The number of methoxy groups -OCH3 is 1. The van der Waals surface area contributed by atoms with Crippen LogP contribution in [0, 0.1) is 0 Å². The van der Waals surface area contributed by atoms with E-state index in [0.29, 0.717) is 0 Å². The van der Waals surface area contributed by atoms with Crippen molar-refractivity contribution >= 4 is 11.8 Å². The second kappa shape index (κ2) is 8.47. The zero-order valence-corrected chi connectivity index (χ0v) is 14.2. The van der Waals surface area contributed by atoms with Crippen LogP contribution in [0.3, 0.4) is 0 Å². The molecule has 1 aromatic carbocycles. The zero-order chi connectivity index (χ0) is 16.6. The Balaban J connectivity index is 1.54. The molecule has 0 bridgehead atoms. The van der Waals surface area contributed by atoms with Crippen LogP contribution in [-0.4, -0.2) is 41.9 Å². The van der Waals surface area contributed by atoms with Gasteiger partial charge in [0.15, 0.2) is 5.82 Å². The van der Waals surface area contributed by atoms with Crippen molar-refractivity contribution in [2.45, 2.75) is 32.1 Å². The second-order valence-electron chi connectivity index (χ2n) is 6.07. The fourth-order valence-electron chi connectivity index (χ4n) is 2.91. The Bertz CT molecular complexity index is 624. The van der Waals surface area contributed by atoms with Gasteiger partial charge in [-0.25, -0.2) is 0 Å². The van der Waals surface area contributed by atoms with Gasteiger partial charge in [0.1, 0.15) is 5.75 Å². The highest BCUT2D eigenvalue weighted by atomic mass is 16.5. The minimum atomic E-state index is 0.742. The van der Waals surface area contributed by atoms with Crippen LogP contribution in [0.1, 0.15) is 31.2 Å². The van der Waals surface area contributed by atoms with Gasteiger partial charge in [-0.05, 0) is 37.0 Å². The quantitative estimate of drug-likeness (QED) is 0.880. The molecule has 0 atom stereocenters. The average molecular weight is 327 g/mol. The molecule has 2 aromatic rings. The fourth-order valence-corrected chi connectivity index (χ4v) is 2.91. The van der Waals surface area contributed by atoms with Crippen LogP contribution in [0.25, 0.3) is 0 Å². The number of hydrogen-bond donors (Lipinski definition) is 1. The summed E-state index contributed by atoms with van der Waals surface area (Å²) in [5.74, 6) is 2.41. The predicted molar refractivity (Wildman–Crippen MR) is 95.7 cm³/mol. The number of rotatable bonds is 6. The first kappa shape index (κ1) is 16.5. The molecule has 1 saturated heterocycles. The first-order valence-corrected chi connectivity index (χ1v) is 8.66. The van der Waals surface area contributed by atoms with E-state index in [1.165, 1.54) is 31.2 Å². The molecule has 0 saturated carbocycles. The Kier molecular flexibility index (Phi) is 5.82. The van der Waals surface area contributed by atoms with Crippen LogP contribution in [0.2, 0.25) is 0 Å². The molecule has 0 aliphatic carbocycles. The summed E-state index contributed by atoms with van der Waals surface area (Å²) >= 11 is 0. The number of ether oxygens (including phenoxy) is 1. The van der Waals surface area contributed by atoms with Crippen molar-refractivity contribution in [2.75, 3.05) is 37.0 Å². The van der Waals surface area contributed by atoms with E-state index in [9.17, 15) is 0 Å². The van der Waals surface area contributed by atoms with Crippen LogP contribution in [-0.2, 0) is 6.42 Å². The standard InChI is InChI=1S/C18H25N5O/c1-24-16-8-6-15(7-9-16)10-11-19-17-14-20-22-18(21-17)23-12-4-2-3-5-13-23/h6-9,14H,2-5,10-13H2,1H3,(H,19,21,22). The minimum absolute atomic E-state index is 0.742. The van der Waals surface area contributed by atoms with E-state index in [4.69, 9.17) is 4.74 Å². The number of hydrogen-bond acceptors (Lipinski definition) is 6. The summed E-state index contributed by atoms with van der Waals surface area (Å²) in [4.78, 5) is 6.86. The smallest absolute Gasteiger partial charge is 0.247 e. The Hall–Kier alpha value is -2.37. The summed E-state index contributed by atoms with van der Waals surface area (Å²) in [6.07, 6.45) is 7.62. The largest absolute Gasteiger partial charge is 0.497 e. The Morgan fingerprint density at radius 3 is 2.54 bits per heavy atom. The molecule has 2 heterocycles. The van der Waals surface area contributed by atoms with Crippen molar-refractivity contribution < 1.29 is 4.74 Å². The van der Waals surface area contributed by atoms with E-state index in [-0.39, 0.29) is 0 Å². The molecule has 1 aromatic heterocycles. The average Bonchev–Trinajstić information content (AvgIpc) is 2.92. The number of benzene rings is 1. The fraction of sp³-hybridized carbons (Fsp3) is 0.500. The number of anilines is 2. The zero-order valence-electron chi connectivity index (χ0n) is 14.2. The van der Waals surface area contributed by atoms with Gasteiger partial charge >= 0.3 is 0 Å². The van der Waals surface area contributed by atoms with Crippen molar-refractivity contribution in [1.29, 1.82) is 0 Å². The summed E-state index contributed by atoms with van der Waals surface area (Å²) < 4.78 is 5.18. The summed E-state index contributed by atoms with van der Waals surface area (Å²) in [7, 11) is 1.68. The van der Waals surface area contributed by atoms with Gasteiger partial charge in [0.25, 0.3) is 0 Å². The Labute approximate surface area is 143 Å². The third-order valence-electron chi connectivity index (χ3n) is 4.32. The van der Waals surface area contributed by atoms with E-state index in [1.807, 2.05) is 12.1 Å². The molecule has 6 heteroatoms. The highest BCUT2D eigenvalue weighted by Gasteiger charge is 2.13. The summed E-state index contributed by atoms with van der Waals surface area (Å²) in [6, 6.07) is 8.14. The molecule has 1 fully saturated rings. The molecule has 3 rings (SSSR count). The number of aromatic nitrogens is 3. The van der Waals surface area contributed by atoms with Crippen molar-refractivity contribution in [2.24, 2.45) is 0 Å². The van der Waals surface area contributed by atoms with Gasteiger partial charge in [0.05, 0.1) is 13.3 Å². The maximum absolute atomic E-state index is 5.18. The third kappa shape index (κ3) is 4.57. The van der Waals surface area contributed by atoms with Crippen LogP contribution in [0.15, 0.2) is 30.5 Å². The van der Waals surface area contributed by atoms with Gasteiger partial charge in [0.2, 0.25) is 5.95 Å². The van der Waals surface area contributed by atoms with Crippen LogP contribution < -0.4 is 15.0 Å². The molecular weight excluding hydrogens is 302 g/mol. The summed E-state index contributed by atoms with van der Waals surface area (Å²) in [5.41, 5.74) is 1.26. The molecule has 128 valence electrons. The van der Waals surface area contributed by atoms with Crippen LogP contribution in [0.4, 0.5) is 11.8 Å². The van der Waals surface area contributed by atoms with Gasteiger partial charge in [0, 0.05) is 19.6 Å². The predicted octanol–water partition coefficient (Wildman–Crippen LogP) is 2.92. The Morgan fingerprint density at radius 1 is 1.08 bits per heavy atom. The SMILES string of the molecule is COc1ccc(CCNc2cnnc(N3CCCCCC3)n2)cc1. The lowest BCUT2D eigenvalue weighted by molar-refractivity contribution is 0.414. The normalized spacial score (nSPS) is 15.0. The lowest BCUT2D eigenvalue weighted by atomic mass is 10.1. The van der Waals surface area contributed by atoms with E-state index in [0.717, 1.165) is 43.6 Å². The lowest BCUT2D eigenvalue weighted by Crippen LogP contribution is -2.26. The molecular formula is C18H25N5O. The maximum Gasteiger partial charge on any atom is 0.247 e. The van der Waals surface area contributed by atoms with Crippen molar-refractivity contribution in [3.63, 3.8) is 0 Å². The van der Waals surface area contributed by atoms with E-state index in [1.54, 1.807) is 13.3 Å². The molecule has 0 radical (unpaired) electrons. The molecule has 1 N–H and O–H groups in total. The first-order valence-electron chi connectivity index (χ1n) is 8.66. The van der Waals surface area contributed by atoms with E-state index >= 15 is 0 Å². The van der Waals surface area contributed by atoms with Crippen molar-refractivity contribution in [3.8, 4) is 5.75 Å². The third-order valence-corrected chi connectivity index (χ3v) is 4.32.